The Bertz CT molecular complexity index is 979. The minimum absolute atomic E-state index is 0.161. The Morgan fingerprint density at radius 3 is 2.67 bits per heavy atom. The highest BCUT2D eigenvalue weighted by Gasteiger charge is 2.35. The number of nitrogens with zero attached hydrogens (tertiary/aromatic N) is 1. The molecule has 1 aliphatic rings. The number of hydrogen-bond acceptors (Lipinski definition) is 4. The molecule has 2 heterocycles. The van der Waals surface area contributed by atoms with E-state index in [1.54, 1.807) is 0 Å². The van der Waals surface area contributed by atoms with Crippen LogP contribution in [0.2, 0.25) is 0 Å². The molecule has 0 spiro atoms. The number of carbonyl (C=O) groups is 1. The van der Waals surface area contributed by atoms with E-state index in [1.165, 1.54) is 0 Å². The second-order valence-corrected chi connectivity index (χ2v) is 7.35. The zero-order valence-electron chi connectivity index (χ0n) is 15.3. The van der Waals surface area contributed by atoms with Gasteiger partial charge in [0.25, 0.3) is 5.91 Å². The maximum atomic E-state index is 13.1. The van der Waals surface area contributed by atoms with Gasteiger partial charge >= 0.3 is 0 Å². The molecule has 2 aromatic carbocycles. The third-order valence-electron chi connectivity index (χ3n) is 4.77. The first kappa shape index (κ1) is 17.1. The van der Waals surface area contributed by atoms with E-state index < -0.39 is 0 Å². The fourth-order valence-corrected chi connectivity index (χ4v) is 3.58. The van der Waals surface area contributed by atoms with E-state index in [0.717, 1.165) is 16.9 Å². The Hall–Kier alpha value is -3.28. The van der Waals surface area contributed by atoms with Crippen LogP contribution in [0.1, 0.15) is 42.4 Å². The molecule has 0 fully saturated rings. The van der Waals surface area contributed by atoms with E-state index in [0.29, 0.717) is 23.5 Å². The van der Waals surface area contributed by atoms with Crippen LogP contribution in [0.4, 0.5) is 5.82 Å². The molecule has 1 unspecified atom stereocenters. The summed E-state index contributed by atoms with van der Waals surface area (Å²) < 4.78 is 6.04. The average Bonchev–Trinajstić information content (AvgIpc) is 3.03. The monoisotopic (exact) mass is 362 g/mol. The lowest BCUT2D eigenvalue weighted by Gasteiger charge is -2.37. The van der Waals surface area contributed by atoms with Crippen molar-refractivity contribution in [2.24, 2.45) is 0 Å². The van der Waals surface area contributed by atoms with Crippen LogP contribution < -0.4 is 15.8 Å². The van der Waals surface area contributed by atoms with E-state index in [1.807, 2.05) is 68.4 Å². The first-order valence-electron chi connectivity index (χ1n) is 8.93. The van der Waals surface area contributed by atoms with Gasteiger partial charge in [-0.25, -0.2) is 0 Å². The number of nitrogen functional groups attached to an aromatic ring is 1. The minimum atomic E-state index is -0.373. The van der Waals surface area contributed by atoms with Gasteiger partial charge in [0.15, 0.2) is 5.82 Å². The number of fused-ring (bicyclic) bond motifs is 1. The molecule has 0 bridgehead atoms. The van der Waals surface area contributed by atoms with Gasteiger partial charge in [0, 0.05) is 12.0 Å². The highest BCUT2D eigenvalue weighted by atomic mass is 16.5. The van der Waals surface area contributed by atoms with E-state index in [4.69, 9.17) is 10.5 Å². The molecule has 0 saturated heterocycles. The number of rotatable bonds is 3. The van der Waals surface area contributed by atoms with E-state index in [9.17, 15) is 4.79 Å². The van der Waals surface area contributed by atoms with E-state index >= 15 is 0 Å². The third-order valence-corrected chi connectivity index (χ3v) is 4.77. The first-order valence-corrected chi connectivity index (χ1v) is 8.93. The zero-order valence-corrected chi connectivity index (χ0v) is 15.3. The summed E-state index contributed by atoms with van der Waals surface area (Å²) in [6.07, 6.45) is 0.667. The summed E-state index contributed by atoms with van der Waals surface area (Å²) in [5, 5.41) is 9.96. The summed E-state index contributed by atoms with van der Waals surface area (Å²) in [5.41, 5.74) is 8.45. The largest absolute Gasteiger partial charge is 0.487 e. The van der Waals surface area contributed by atoms with Crippen LogP contribution in [0.15, 0.2) is 54.6 Å². The number of para-hydroxylation sites is 1. The van der Waals surface area contributed by atoms with Crippen molar-refractivity contribution in [2.45, 2.75) is 31.9 Å². The van der Waals surface area contributed by atoms with Crippen molar-refractivity contribution in [1.29, 1.82) is 0 Å². The maximum Gasteiger partial charge on any atom is 0.270 e. The molecule has 4 rings (SSSR count). The van der Waals surface area contributed by atoms with Crippen LogP contribution in [0.5, 0.6) is 5.75 Å². The van der Waals surface area contributed by atoms with Crippen molar-refractivity contribution >= 4 is 11.7 Å². The van der Waals surface area contributed by atoms with Crippen molar-refractivity contribution in [2.75, 3.05) is 5.73 Å². The molecule has 3 aromatic rings. The molecule has 4 N–H and O–H groups in total. The summed E-state index contributed by atoms with van der Waals surface area (Å²) in [7, 11) is 0. The summed E-state index contributed by atoms with van der Waals surface area (Å²) in [6.45, 7) is 4.04. The smallest absolute Gasteiger partial charge is 0.270 e. The molecular weight excluding hydrogens is 340 g/mol. The zero-order chi connectivity index (χ0) is 19.0. The lowest BCUT2D eigenvalue weighted by molar-refractivity contribution is 0.0618. The molecule has 6 nitrogen and oxygen atoms in total. The molecule has 0 aliphatic carbocycles. The maximum absolute atomic E-state index is 13.1. The van der Waals surface area contributed by atoms with Crippen molar-refractivity contribution in [1.82, 2.24) is 15.5 Å². The fraction of sp³-hybridized carbons (Fsp3) is 0.238. The lowest BCUT2D eigenvalue weighted by atomic mass is 9.89. The van der Waals surface area contributed by atoms with Gasteiger partial charge in [-0.15, -0.1) is 0 Å². The lowest BCUT2D eigenvalue weighted by Crippen LogP contribution is -2.41. The number of aromatic amines is 1. The number of nitrogens with one attached hydrogen (secondary N) is 2. The van der Waals surface area contributed by atoms with Crippen LogP contribution in [0.25, 0.3) is 11.1 Å². The summed E-state index contributed by atoms with van der Waals surface area (Å²) in [6, 6.07) is 17.2. The number of benzene rings is 2. The van der Waals surface area contributed by atoms with Crippen LogP contribution in [-0.2, 0) is 0 Å². The molecular formula is C21H22N4O2. The second kappa shape index (κ2) is 6.46. The predicted molar refractivity (Wildman–Crippen MR) is 104 cm³/mol. The summed E-state index contributed by atoms with van der Waals surface area (Å²) in [4.78, 5) is 13.1. The molecule has 6 heteroatoms. The van der Waals surface area contributed by atoms with Crippen molar-refractivity contribution in [3.05, 3.63) is 65.9 Å². The highest BCUT2D eigenvalue weighted by molar-refractivity contribution is 6.01. The van der Waals surface area contributed by atoms with Gasteiger partial charge in [0.2, 0.25) is 0 Å². The van der Waals surface area contributed by atoms with Crippen molar-refractivity contribution in [3.63, 3.8) is 0 Å². The predicted octanol–water partition coefficient (Wildman–Crippen LogP) is 3.69. The van der Waals surface area contributed by atoms with E-state index in [-0.39, 0.29) is 17.6 Å². The molecule has 1 aromatic heterocycles. The third kappa shape index (κ3) is 3.26. The van der Waals surface area contributed by atoms with Gasteiger partial charge in [-0.1, -0.05) is 48.5 Å². The number of amides is 1. The first-order chi connectivity index (χ1) is 12.9. The van der Waals surface area contributed by atoms with Crippen LogP contribution >= 0.6 is 0 Å². The van der Waals surface area contributed by atoms with Gasteiger partial charge in [-0.05, 0) is 25.5 Å². The molecule has 1 amide bonds. The number of H-pyrrole nitrogens is 1. The standard InChI is InChI=1S/C21H22N4O2/c1-21(2)12-15(14-10-6-7-11-16(14)27-21)23-20(26)18-17(19(22)25-24-18)13-8-4-3-5-9-13/h3-11,15H,12H2,1-2H3,(H,23,26)(H3,22,24,25). The van der Waals surface area contributed by atoms with Crippen molar-refractivity contribution < 1.29 is 9.53 Å². The molecule has 0 saturated carbocycles. The molecule has 1 aliphatic heterocycles. The SMILES string of the molecule is CC1(C)CC(NC(=O)c2[nH]nc(N)c2-c2ccccc2)c2ccccc2O1. The number of hydrogen-bond donors (Lipinski definition) is 3. The van der Waals surface area contributed by atoms with Gasteiger partial charge < -0.3 is 15.8 Å². The van der Waals surface area contributed by atoms with Gasteiger partial charge in [-0.3, -0.25) is 9.89 Å². The Morgan fingerprint density at radius 2 is 1.89 bits per heavy atom. The Kier molecular flexibility index (Phi) is 4.11. The van der Waals surface area contributed by atoms with Gasteiger partial charge in [-0.2, -0.15) is 5.10 Å². The van der Waals surface area contributed by atoms with Gasteiger partial charge in [0.05, 0.1) is 11.6 Å². The summed E-state index contributed by atoms with van der Waals surface area (Å²) >= 11 is 0. The summed E-state index contributed by atoms with van der Waals surface area (Å²) in [5.74, 6) is 0.862. The topological polar surface area (TPSA) is 93.0 Å². The molecule has 138 valence electrons. The van der Waals surface area contributed by atoms with Gasteiger partial charge in [0.1, 0.15) is 17.0 Å². The highest BCUT2D eigenvalue weighted by Crippen LogP contribution is 2.39. The number of ether oxygens (including phenoxy) is 1. The number of anilines is 1. The molecule has 27 heavy (non-hydrogen) atoms. The molecule has 0 radical (unpaired) electrons. The quantitative estimate of drug-likeness (QED) is 0.662. The average molecular weight is 362 g/mol. The normalized spacial score (nSPS) is 17.6. The minimum Gasteiger partial charge on any atom is -0.487 e. The van der Waals surface area contributed by atoms with Crippen LogP contribution in [0, 0.1) is 0 Å². The Morgan fingerprint density at radius 1 is 1.19 bits per heavy atom. The number of carbonyl (C=O) groups excluding carboxylic acids is 1. The van der Waals surface area contributed by atoms with Crippen molar-refractivity contribution in [3.8, 4) is 16.9 Å². The second-order valence-electron chi connectivity index (χ2n) is 7.35. The Labute approximate surface area is 157 Å². The van der Waals surface area contributed by atoms with Crippen LogP contribution in [0.3, 0.4) is 0 Å². The van der Waals surface area contributed by atoms with Crippen LogP contribution in [-0.4, -0.2) is 21.7 Å². The fourth-order valence-electron chi connectivity index (χ4n) is 3.58. The molecule has 1 atom stereocenters. The number of nitrogens with two attached hydrogens (primary N) is 1. The number of aromatic nitrogens is 2. The Balaban J connectivity index is 1.66. The van der Waals surface area contributed by atoms with E-state index in [2.05, 4.69) is 15.5 Å².